The summed E-state index contributed by atoms with van der Waals surface area (Å²) in [5.41, 5.74) is -2.38. The number of nitro groups is 1. The van der Waals surface area contributed by atoms with Gasteiger partial charge in [-0.25, -0.2) is 9.50 Å². The Bertz CT molecular complexity index is 1700. The summed E-state index contributed by atoms with van der Waals surface area (Å²) in [7, 11) is 0. The van der Waals surface area contributed by atoms with Crippen molar-refractivity contribution in [3.8, 4) is 28.7 Å². The fourth-order valence-electron chi connectivity index (χ4n) is 3.76. The first-order valence-corrected chi connectivity index (χ1v) is 11.6. The maximum Gasteiger partial charge on any atom is 0.433 e. The molecular formula is C26H18F3N5O6. The van der Waals surface area contributed by atoms with E-state index >= 15 is 0 Å². The number of halogens is 3. The van der Waals surface area contributed by atoms with E-state index in [1.807, 2.05) is 6.92 Å². The highest BCUT2D eigenvalue weighted by Gasteiger charge is 2.36. The normalized spacial score (nSPS) is 11.4. The first kappa shape index (κ1) is 26.2. The lowest BCUT2D eigenvalue weighted by atomic mass is 10.2. The van der Waals surface area contributed by atoms with E-state index in [0.29, 0.717) is 22.6 Å². The molecule has 204 valence electrons. The summed E-state index contributed by atoms with van der Waals surface area (Å²) >= 11 is 0. The molecule has 0 radical (unpaired) electrons. The van der Waals surface area contributed by atoms with Gasteiger partial charge in [0.1, 0.15) is 22.9 Å². The van der Waals surface area contributed by atoms with Gasteiger partial charge in [-0.05, 0) is 49.4 Å². The van der Waals surface area contributed by atoms with E-state index in [1.54, 1.807) is 24.3 Å². The molecule has 5 aromatic rings. The van der Waals surface area contributed by atoms with E-state index in [2.05, 4.69) is 15.4 Å². The van der Waals surface area contributed by atoms with Gasteiger partial charge in [-0.2, -0.15) is 18.3 Å². The van der Waals surface area contributed by atoms with Gasteiger partial charge in [0.25, 0.3) is 11.6 Å². The third-order valence-electron chi connectivity index (χ3n) is 5.45. The Morgan fingerprint density at radius 1 is 1.07 bits per heavy atom. The van der Waals surface area contributed by atoms with Crippen molar-refractivity contribution in [2.24, 2.45) is 0 Å². The van der Waals surface area contributed by atoms with Crippen LogP contribution < -0.4 is 14.8 Å². The molecule has 0 bridgehead atoms. The zero-order valence-electron chi connectivity index (χ0n) is 20.5. The molecule has 0 atom stereocenters. The number of anilines is 1. The minimum atomic E-state index is -4.82. The SMILES string of the molecule is CCOc1ccc(Oc2cc(NC(=O)c3cc4nc(-c5ccco5)cc(C(F)(F)F)n4n3)cc([N+](=O)[O-])c2)cc1. The van der Waals surface area contributed by atoms with E-state index in [4.69, 9.17) is 13.9 Å². The number of nitrogens with one attached hydrogen (secondary N) is 1. The molecule has 0 aliphatic carbocycles. The van der Waals surface area contributed by atoms with Crippen LogP contribution in [0.1, 0.15) is 23.1 Å². The predicted molar refractivity (Wildman–Crippen MR) is 134 cm³/mol. The van der Waals surface area contributed by atoms with Crippen LogP contribution in [0.3, 0.4) is 0 Å². The number of fused-ring (bicyclic) bond motifs is 1. The minimum Gasteiger partial charge on any atom is -0.494 e. The number of rotatable bonds is 8. The largest absolute Gasteiger partial charge is 0.494 e. The summed E-state index contributed by atoms with van der Waals surface area (Å²) < 4.78 is 58.1. The van der Waals surface area contributed by atoms with E-state index < -0.39 is 34.1 Å². The lowest BCUT2D eigenvalue weighted by molar-refractivity contribution is -0.384. The molecule has 14 heteroatoms. The summed E-state index contributed by atoms with van der Waals surface area (Å²) in [4.78, 5) is 27.9. The molecule has 0 spiro atoms. The Morgan fingerprint density at radius 2 is 1.82 bits per heavy atom. The van der Waals surface area contributed by atoms with Crippen molar-refractivity contribution in [2.45, 2.75) is 13.1 Å². The van der Waals surface area contributed by atoms with E-state index in [9.17, 15) is 28.1 Å². The van der Waals surface area contributed by atoms with Crippen LogP contribution in [0.5, 0.6) is 17.2 Å². The van der Waals surface area contributed by atoms with Crippen LogP contribution in [-0.2, 0) is 6.18 Å². The number of amides is 1. The molecule has 40 heavy (non-hydrogen) atoms. The van der Waals surface area contributed by atoms with Gasteiger partial charge < -0.3 is 19.2 Å². The summed E-state index contributed by atoms with van der Waals surface area (Å²) in [5.74, 6) is 0.156. The fraction of sp³-hybridized carbons (Fsp3) is 0.115. The zero-order chi connectivity index (χ0) is 28.4. The molecule has 1 N–H and O–H groups in total. The van der Waals surface area contributed by atoms with Crippen LogP contribution in [0, 0.1) is 10.1 Å². The van der Waals surface area contributed by atoms with Gasteiger partial charge in [-0.1, -0.05) is 0 Å². The number of carbonyl (C=O) groups excluding carboxylic acids is 1. The van der Waals surface area contributed by atoms with Gasteiger partial charge in [0.2, 0.25) is 0 Å². The Hall–Kier alpha value is -5.40. The second-order valence-electron chi connectivity index (χ2n) is 8.23. The first-order valence-electron chi connectivity index (χ1n) is 11.6. The lowest BCUT2D eigenvalue weighted by Gasteiger charge is -2.10. The summed E-state index contributed by atoms with van der Waals surface area (Å²) in [6, 6.07) is 14.8. The van der Waals surface area contributed by atoms with Crippen molar-refractivity contribution in [3.05, 3.63) is 94.5 Å². The average molecular weight is 553 g/mol. The van der Waals surface area contributed by atoms with Crippen LogP contribution in [0.4, 0.5) is 24.5 Å². The zero-order valence-corrected chi connectivity index (χ0v) is 20.5. The van der Waals surface area contributed by atoms with Crippen molar-refractivity contribution in [2.75, 3.05) is 11.9 Å². The van der Waals surface area contributed by atoms with Gasteiger partial charge in [-0.15, -0.1) is 0 Å². The van der Waals surface area contributed by atoms with Crippen LogP contribution in [-0.4, -0.2) is 32.0 Å². The van der Waals surface area contributed by atoms with Crippen molar-refractivity contribution >= 4 is 22.9 Å². The highest BCUT2D eigenvalue weighted by Crippen LogP contribution is 2.33. The topological polar surface area (TPSA) is 134 Å². The molecule has 0 fully saturated rings. The standard InChI is InChI=1S/C26H18F3N5O6/c1-2-38-17-5-7-18(8-6-17)40-19-11-15(10-16(12-19)34(36)37)30-25(35)21-14-24-31-20(22-4-3-9-39-22)13-23(26(27,28)29)33(24)32-21/h3-14H,2H2,1H3,(H,30,35). The molecule has 5 rings (SSSR count). The maximum atomic E-state index is 13.8. The molecule has 0 aliphatic heterocycles. The molecule has 2 aromatic carbocycles. The minimum absolute atomic E-state index is 0.0350. The number of furan rings is 1. The van der Waals surface area contributed by atoms with Crippen LogP contribution in [0.2, 0.25) is 0 Å². The Kier molecular flexibility index (Phi) is 6.82. The smallest absolute Gasteiger partial charge is 0.433 e. The number of alkyl halides is 3. The van der Waals surface area contributed by atoms with Gasteiger partial charge in [-0.3, -0.25) is 14.9 Å². The number of hydrogen-bond acceptors (Lipinski definition) is 8. The number of aromatic nitrogens is 3. The summed E-state index contributed by atoms with van der Waals surface area (Å²) in [5, 5.41) is 17.7. The Morgan fingerprint density at radius 3 is 2.48 bits per heavy atom. The van der Waals surface area contributed by atoms with Crippen molar-refractivity contribution in [3.63, 3.8) is 0 Å². The monoisotopic (exact) mass is 553 g/mol. The van der Waals surface area contributed by atoms with Gasteiger partial charge in [0, 0.05) is 18.2 Å². The predicted octanol–water partition coefficient (Wildman–Crippen LogP) is 6.36. The highest BCUT2D eigenvalue weighted by atomic mass is 19.4. The van der Waals surface area contributed by atoms with Crippen molar-refractivity contribution in [1.29, 1.82) is 0 Å². The molecule has 0 saturated carbocycles. The van der Waals surface area contributed by atoms with Crippen LogP contribution in [0.25, 0.3) is 17.1 Å². The fourth-order valence-corrected chi connectivity index (χ4v) is 3.76. The third-order valence-corrected chi connectivity index (χ3v) is 5.45. The molecule has 1 amide bonds. The number of carbonyl (C=O) groups is 1. The second-order valence-corrected chi connectivity index (χ2v) is 8.23. The maximum absolute atomic E-state index is 13.8. The summed E-state index contributed by atoms with van der Waals surface area (Å²) in [6.07, 6.45) is -3.54. The van der Waals surface area contributed by atoms with E-state index in [-0.39, 0.29) is 28.5 Å². The number of ether oxygens (including phenoxy) is 2. The van der Waals surface area contributed by atoms with Crippen molar-refractivity contribution in [1.82, 2.24) is 14.6 Å². The highest BCUT2D eigenvalue weighted by molar-refractivity contribution is 6.03. The van der Waals surface area contributed by atoms with Gasteiger partial charge in [0.15, 0.2) is 22.8 Å². The average Bonchev–Trinajstić information content (AvgIpc) is 3.59. The van der Waals surface area contributed by atoms with Crippen molar-refractivity contribution < 1.29 is 36.8 Å². The Labute approximate surface area is 222 Å². The number of hydrogen-bond donors (Lipinski definition) is 1. The van der Waals surface area contributed by atoms with E-state index in [1.165, 1.54) is 24.5 Å². The quantitative estimate of drug-likeness (QED) is 0.173. The van der Waals surface area contributed by atoms with Gasteiger partial charge in [0.05, 0.1) is 29.5 Å². The molecular weight excluding hydrogens is 535 g/mol. The number of benzene rings is 2. The first-order chi connectivity index (χ1) is 19.1. The Balaban J connectivity index is 1.45. The van der Waals surface area contributed by atoms with Crippen LogP contribution in [0.15, 0.2) is 77.4 Å². The molecule has 0 aliphatic rings. The second kappa shape index (κ2) is 10.4. The van der Waals surface area contributed by atoms with Crippen LogP contribution >= 0.6 is 0 Å². The molecule has 0 unspecified atom stereocenters. The van der Waals surface area contributed by atoms with Gasteiger partial charge >= 0.3 is 6.18 Å². The molecule has 3 heterocycles. The lowest BCUT2D eigenvalue weighted by Crippen LogP contribution is -2.15. The molecule has 3 aromatic heterocycles. The molecule has 11 nitrogen and oxygen atoms in total. The third kappa shape index (κ3) is 5.55. The van der Waals surface area contributed by atoms with E-state index in [0.717, 1.165) is 24.3 Å². The number of nitrogens with zero attached hydrogens (tertiary/aromatic N) is 4. The number of nitro benzene ring substituents is 1. The summed E-state index contributed by atoms with van der Waals surface area (Å²) in [6.45, 7) is 2.30. The number of non-ortho nitro benzene ring substituents is 1. The molecule has 0 saturated heterocycles.